The van der Waals surface area contributed by atoms with Crippen molar-refractivity contribution in [1.29, 1.82) is 0 Å². The van der Waals surface area contributed by atoms with Crippen LogP contribution in [0.2, 0.25) is 0 Å². The van der Waals surface area contributed by atoms with E-state index in [0.29, 0.717) is 11.7 Å². The van der Waals surface area contributed by atoms with E-state index in [-0.39, 0.29) is 0 Å². The van der Waals surface area contributed by atoms with Gasteiger partial charge in [-0.25, -0.2) is 0 Å². The Hall–Kier alpha value is -1.49. The highest BCUT2D eigenvalue weighted by atomic mass is 79.9. The number of nitrogen functional groups attached to an aromatic ring is 1. The first-order valence-electron chi connectivity index (χ1n) is 6.19. The normalized spacial score (nSPS) is 11.0. The molecule has 2 rings (SSSR count). The largest absolute Gasteiger partial charge is 0.496 e. The van der Waals surface area contributed by atoms with Crippen molar-refractivity contribution in [3.63, 3.8) is 0 Å². The van der Waals surface area contributed by atoms with Gasteiger partial charge in [0.05, 0.1) is 17.3 Å². The number of nitrogens with two attached hydrogens (primary N) is 1. The van der Waals surface area contributed by atoms with E-state index in [4.69, 9.17) is 10.5 Å². The zero-order chi connectivity index (χ0) is 14.0. The number of hydrogen-bond donors (Lipinski definition) is 2. The maximum Gasteiger partial charge on any atom is 0.149 e. The lowest BCUT2D eigenvalue weighted by Crippen LogP contribution is -1.99. The molecule has 0 radical (unpaired) electrons. The van der Waals surface area contributed by atoms with Crippen molar-refractivity contribution in [2.24, 2.45) is 5.92 Å². The van der Waals surface area contributed by atoms with Gasteiger partial charge >= 0.3 is 0 Å². The highest BCUT2D eigenvalue weighted by Gasteiger charge is 2.15. The second-order valence-corrected chi connectivity index (χ2v) is 5.76. The molecule has 2 aromatic rings. The monoisotopic (exact) mass is 323 g/mol. The number of rotatable bonds is 4. The minimum atomic E-state index is 0.528. The molecule has 0 atom stereocenters. The topological polar surface area (TPSA) is 63.9 Å². The number of ether oxygens (including phenoxy) is 1. The summed E-state index contributed by atoms with van der Waals surface area (Å²) < 4.78 is 6.15. The summed E-state index contributed by atoms with van der Waals surface area (Å²) in [5.74, 6) is 1.91. The van der Waals surface area contributed by atoms with Crippen LogP contribution in [0.1, 0.15) is 19.4 Å². The molecule has 3 N–H and O–H groups in total. The summed E-state index contributed by atoms with van der Waals surface area (Å²) in [4.78, 5) is 0. The van der Waals surface area contributed by atoms with E-state index in [0.717, 1.165) is 33.5 Å². The van der Waals surface area contributed by atoms with E-state index >= 15 is 0 Å². The van der Waals surface area contributed by atoms with E-state index < -0.39 is 0 Å². The fourth-order valence-corrected chi connectivity index (χ4v) is 2.60. The van der Waals surface area contributed by atoms with Gasteiger partial charge in [-0.05, 0) is 46.5 Å². The first-order chi connectivity index (χ1) is 9.02. The smallest absolute Gasteiger partial charge is 0.149 e. The van der Waals surface area contributed by atoms with Gasteiger partial charge in [0.1, 0.15) is 11.6 Å². The third-order valence-corrected chi connectivity index (χ3v) is 3.57. The third kappa shape index (κ3) is 2.92. The Morgan fingerprint density at radius 3 is 2.74 bits per heavy atom. The number of anilines is 1. The molecule has 1 aromatic heterocycles. The van der Waals surface area contributed by atoms with Crippen LogP contribution in [0.15, 0.2) is 22.7 Å². The van der Waals surface area contributed by atoms with E-state index in [9.17, 15) is 0 Å². The minimum Gasteiger partial charge on any atom is -0.496 e. The Labute approximate surface area is 121 Å². The molecule has 0 aliphatic carbocycles. The fraction of sp³-hybridized carbons (Fsp3) is 0.357. The summed E-state index contributed by atoms with van der Waals surface area (Å²) in [6, 6.07) is 5.94. The Balaban J connectivity index is 2.44. The number of H-pyrrole nitrogens is 1. The first-order valence-corrected chi connectivity index (χ1v) is 6.98. The van der Waals surface area contributed by atoms with Crippen molar-refractivity contribution in [2.45, 2.75) is 20.3 Å². The summed E-state index contributed by atoms with van der Waals surface area (Å²) in [5, 5.41) is 7.15. The number of halogens is 1. The van der Waals surface area contributed by atoms with Crippen LogP contribution < -0.4 is 10.5 Å². The third-order valence-electron chi connectivity index (χ3n) is 2.95. The zero-order valence-electron chi connectivity index (χ0n) is 11.3. The van der Waals surface area contributed by atoms with Crippen LogP contribution in [0.5, 0.6) is 5.75 Å². The number of benzene rings is 1. The van der Waals surface area contributed by atoms with Gasteiger partial charge in [0.25, 0.3) is 0 Å². The van der Waals surface area contributed by atoms with Crippen molar-refractivity contribution in [3.05, 3.63) is 28.2 Å². The lowest BCUT2D eigenvalue weighted by atomic mass is 9.99. The van der Waals surface area contributed by atoms with E-state index in [2.05, 4.69) is 40.0 Å². The molecule has 102 valence electrons. The van der Waals surface area contributed by atoms with E-state index in [1.807, 2.05) is 18.2 Å². The number of aromatic nitrogens is 2. The fourth-order valence-electron chi connectivity index (χ4n) is 2.05. The Kier molecular flexibility index (Phi) is 4.14. The van der Waals surface area contributed by atoms with Gasteiger partial charge in [0, 0.05) is 11.1 Å². The van der Waals surface area contributed by atoms with E-state index in [1.165, 1.54) is 0 Å². The van der Waals surface area contributed by atoms with Crippen LogP contribution in [0.25, 0.3) is 11.3 Å². The maximum atomic E-state index is 5.94. The predicted octanol–water partition coefficient (Wildman–Crippen LogP) is 3.63. The number of nitrogens with one attached hydrogen (secondary N) is 1. The molecule has 0 spiro atoms. The second-order valence-electron chi connectivity index (χ2n) is 4.91. The molecule has 0 fully saturated rings. The first kappa shape index (κ1) is 13.9. The predicted molar refractivity (Wildman–Crippen MR) is 81.2 cm³/mol. The van der Waals surface area contributed by atoms with Gasteiger partial charge in [-0.3, -0.25) is 5.10 Å². The SMILES string of the molecule is COc1ccc(-c2[nH]nc(N)c2CC(C)C)cc1Br. The van der Waals surface area contributed by atoms with Crippen molar-refractivity contribution < 1.29 is 4.74 Å². The number of methoxy groups -OCH3 is 1. The number of aromatic amines is 1. The summed E-state index contributed by atoms with van der Waals surface area (Å²) in [7, 11) is 1.65. The van der Waals surface area contributed by atoms with Crippen LogP contribution in [0, 0.1) is 5.92 Å². The Morgan fingerprint density at radius 1 is 1.42 bits per heavy atom. The van der Waals surface area contributed by atoms with Crippen molar-refractivity contribution in [2.75, 3.05) is 12.8 Å². The van der Waals surface area contributed by atoms with Gasteiger partial charge in [-0.1, -0.05) is 13.8 Å². The van der Waals surface area contributed by atoms with Crippen LogP contribution in [-0.4, -0.2) is 17.3 Å². The Bertz CT molecular complexity index is 578. The quantitative estimate of drug-likeness (QED) is 0.903. The molecular formula is C14H18BrN3O. The molecule has 1 aromatic carbocycles. The highest BCUT2D eigenvalue weighted by molar-refractivity contribution is 9.10. The highest BCUT2D eigenvalue weighted by Crippen LogP contribution is 2.33. The van der Waals surface area contributed by atoms with Crippen molar-refractivity contribution in [3.8, 4) is 17.0 Å². The molecule has 1 heterocycles. The minimum absolute atomic E-state index is 0.528. The van der Waals surface area contributed by atoms with Gasteiger partial charge in [0.2, 0.25) is 0 Å². The van der Waals surface area contributed by atoms with Crippen molar-refractivity contribution >= 4 is 21.7 Å². The number of nitrogens with zero attached hydrogens (tertiary/aromatic N) is 1. The molecule has 5 heteroatoms. The standard InChI is InChI=1S/C14H18BrN3O/c1-8(2)6-10-13(17-18-14(10)16)9-4-5-12(19-3)11(15)7-9/h4-5,7-8H,6H2,1-3H3,(H3,16,17,18). The maximum absolute atomic E-state index is 5.94. The summed E-state index contributed by atoms with van der Waals surface area (Å²) in [6.45, 7) is 4.33. The van der Waals surface area contributed by atoms with Crippen LogP contribution in [0.4, 0.5) is 5.82 Å². The molecule has 0 aliphatic rings. The van der Waals surface area contributed by atoms with Crippen molar-refractivity contribution in [1.82, 2.24) is 10.2 Å². The van der Waals surface area contributed by atoms with Gasteiger partial charge in [-0.15, -0.1) is 0 Å². The summed E-state index contributed by atoms with van der Waals surface area (Å²) in [6.07, 6.45) is 0.904. The van der Waals surface area contributed by atoms with Crippen LogP contribution in [-0.2, 0) is 6.42 Å². The molecular weight excluding hydrogens is 306 g/mol. The van der Waals surface area contributed by atoms with Gasteiger partial charge < -0.3 is 10.5 Å². The molecule has 0 saturated carbocycles. The number of hydrogen-bond acceptors (Lipinski definition) is 3. The lowest BCUT2D eigenvalue weighted by Gasteiger charge is -2.09. The van der Waals surface area contributed by atoms with Gasteiger partial charge in [0.15, 0.2) is 0 Å². The van der Waals surface area contributed by atoms with Gasteiger partial charge in [-0.2, -0.15) is 5.10 Å². The molecule has 19 heavy (non-hydrogen) atoms. The molecule has 0 saturated heterocycles. The van der Waals surface area contributed by atoms with Crippen LogP contribution >= 0.6 is 15.9 Å². The molecule has 0 amide bonds. The Morgan fingerprint density at radius 2 is 2.16 bits per heavy atom. The molecule has 0 unspecified atom stereocenters. The lowest BCUT2D eigenvalue weighted by molar-refractivity contribution is 0.412. The summed E-state index contributed by atoms with van der Waals surface area (Å²) >= 11 is 3.50. The zero-order valence-corrected chi connectivity index (χ0v) is 12.9. The summed E-state index contributed by atoms with van der Waals surface area (Å²) in [5.41, 5.74) is 9.05. The average molecular weight is 324 g/mol. The van der Waals surface area contributed by atoms with E-state index in [1.54, 1.807) is 7.11 Å². The molecule has 0 bridgehead atoms. The van der Waals surface area contributed by atoms with Crippen LogP contribution in [0.3, 0.4) is 0 Å². The second kappa shape index (κ2) is 5.65. The molecule has 0 aliphatic heterocycles. The molecule has 4 nitrogen and oxygen atoms in total. The average Bonchev–Trinajstić information content (AvgIpc) is 2.70.